The molecule has 0 radical (unpaired) electrons. The van der Waals surface area contributed by atoms with E-state index < -0.39 is 0 Å². The second-order valence-electron chi connectivity index (χ2n) is 5.41. The predicted octanol–water partition coefficient (Wildman–Crippen LogP) is 0.805. The molecule has 116 valence electrons. The maximum Gasteiger partial charge on any atom is 0.246 e. The third-order valence-corrected chi connectivity index (χ3v) is 3.89. The van der Waals surface area contributed by atoms with Gasteiger partial charge < -0.3 is 20.1 Å². The van der Waals surface area contributed by atoms with E-state index in [-0.39, 0.29) is 17.7 Å². The largest absolute Gasteiger partial charge is 0.486 e. The summed E-state index contributed by atoms with van der Waals surface area (Å²) in [5, 5.41) is 0. The van der Waals surface area contributed by atoms with Crippen molar-refractivity contribution in [3.8, 4) is 11.5 Å². The summed E-state index contributed by atoms with van der Waals surface area (Å²) in [7, 11) is 0. The van der Waals surface area contributed by atoms with E-state index in [4.69, 9.17) is 15.2 Å². The Kier molecular flexibility index (Phi) is 4.00. The number of nitrogens with zero attached hydrogens (tertiary/aromatic N) is 1. The Hall–Kier alpha value is -2.50. The Balaban J connectivity index is 1.64. The van der Waals surface area contributed by atoms with Gasteiger partial charge in [-0.1, -0.05) is 6.07 Å². The number of hydrogen-bond donors (Lipinski definition) is 1. The average molecular weight is 302 g/mol. The molecular weight excluding hydrogens is 284 g/mol. The first-order valence-electron chi connectivity index (χ1n) is 7.29. The minimum atomic E-state index is -0.342. The van der Waals surface area contributed by atoms with Crippen LogP contribution in [0.15, 0.2) is 24.3 Å². The molecule has 2 aliphatic heterocycles. The normalized spacial score (nSPS) is 20.4. The van der Waals surface area contributed by atoms with E-state index in [2.05, 4.69) is 0 Å². The summed E-state index contributed by atoms with van der Waals surface area (Å²) >= 11 is 0. The van der Waals surface area contributed by atoms with Gasteiger partial charge in [0.2, 0.25) is 11.8 Å². The van der Waals surface area contributed by atoms with Gasteiger partial charge in [0, 0.05) is 19.2 Å². The quantitative estimate of drug-likeness (QED) is 0.838. The molecule has 0 bridgehead atoms. The number of carbonyl (C=O) groups is 2. The van der Waals surface area contributed by atoms with E-state index in [1.807, 2.05) is 18.2 Å². The van der Waals surface area contributed by atoms with Crippen molar-refractivity contribution in [2.45, 2.75) is 6.42 Å². The van der Waals surface area contributed by atoms with Gasteiger partial charge in [-0.25, -0.2) is 0 Å². The van der Waals surface area contributed by atoms with Crippen LogP contribution in [0, 0.1) is 5.92 Å². The average Bonchev–Trinajstić information content (AvgIpc) is 3.03. The van der Waals surface area contributed by atoms with Gasteiger partial charge in [-0.3, -0.25) is 9.59 Å². The summed E-state index contributed by atoms with van der Waals surface area (Å²) in [6.07, 6.45) is 3.88. The van der Waals surface area contributed by atoms with Crippen LogP contribution in [0.25, 0.3) is 6.08 Å². The molecule has 3 rings (SSSR count). The van der Waals surface area contributed by atoms with Gasteiger partial charge in [0.25, 0.3) is 0 Å². The summed E-state index contributed by atoms with van der Waals surface area (Å²) in [4.78, 5) is 24.9. The number of fused-ring (bicyclic) bond motifs is 1. The lowest BCUT2D eigenvalue weighted by Gasteiger charge is -2.18. The standard InChI is InChI=1S/C16H18N2O4/c17-16(20)12-5-6-18(10-12)15(19)4-2-11-1-3-13-14(9-11)22-8-7-21-13/h1-4,9,12H,5-8,10H2,(H2,17,20)/b4-2+. The first-order chi connectivity index (χ1) is 10.6. The molecule has 0 aromatic heterocycles. The van der Waals surface area contributed by atoms with E-state index in [9.17, 15) is 9.59 Å². The number of nitrogens with two attached hydrogens (primary N) is 1. The molecule has 22 heavy (non-hydrogen) atoms. The van der Waals surface area contributed by atoms with Crippen molar-refractivity contribution in [1.82, 2.24) is 4.90 Å². The smallest absolute Gasteiger partial charge is 0.246 e. The number of amides is 2. The number of benzene rings is 1. The molecule has 6 nitrogen and oxygen atoms in total. The Morgan fingerprint density at radius 3 is 2.73 bits per heavy atom. The monoisotopic (exact) mass is 302 g/mol. The Labute approximate surface area is 128 Å². The van der Waals surface area contributed by atoms with E-state index in [0.29, 0.717) is 38.5 Å². The second kappa shape index (κ2) is 6.09. The van der Waals surface area contributed by atoms with E-state index in [0.717, 1.165) is 11.3 Å². The van der Waals surface area contributed by atoms with E-state index in [1.165, 1.54) is 6.08 Å². The topological polar surface area (TPSA) is 81.9 Å². The van der Waals surface area contributed by atoms with Crippen molar-refractivity contribution in [2.75, 3.05) is 26.3 Å². The zero-order valence-electron chi connectivity index (χ0n) is 12.2. The highest BCUT2D eigenvalue weighted by atomic mass is 16.6. The van der Waals surface area contributed by atoms with Crippen LogP contribution in [0.5, 0.6) is 11.5 Å². The number of carbonyl (C=O) groups excluding carboxylic acids is 2. The second-order valence-corrected chi connectivity index (χ2v) is 5.41. The van der Waals surface area contributed by atoms with Gasteiger partial charge in [-0.15, -0.1) is 0 Å². The highest BCUT2D eigenvalue weighted by Gasteiger charge is 2.28. The summed E-state index contributed by atoms with van der Waals surface area (Å²) in [5.41, 5.74) is 6.13. The van der Waals surface area contributed by atoms with Crippen LogP contribution in [0.2, 0.25) is 0 Å². The third-order valence-electron chi connectivity index (χ3n) is 3.89. The van der Waals surface area contributed by atoms with Crippen LogP contribution >= 0.6 is 0 Å². The zero-order chi connectivity index (χ0) is 15.5. The van der Waals surface area contributed by atoms with Crippen molar-refractivity contribution in [2.24, 2.45) is 11.7 Å². The zero-order valence-corrected chi connectivity index (χ0v) is 12.2. The number of hydrogen-bond acceptors (Lipinski definition) is 4. The summed E-state index contributed by atoms with van der Waals surface area (Å²) in [6, 6.07) is 5.54. The summed E-state index contributed by atoms with van der Waals surface area (Å²) < 4.78 is 11.0. The maximum absolute atomic E-state index is 12.1. The SMILES string of the molecule is NC(=O)C1CCN(C(=O)/C=C/c2ccc3c(c2)OCCO3)C1. The molecule has 0 saturated carbocycles. The number of primary amides is 1. The highest BCUT2D eigenvalue weighted by Crippen LogP contribution is 2.31. The van der Waals surface area contributed by atoms with Gasteiger partial charge in [-0.2, -0.15) is 0 Å². The molecule has 1 unspecified atom stereocenters. The molecule has 0 aliphatic carbocycles. The Morgan fingerprint density at radius 1 is 1.23 bits per heavy atom. The molecule has 1 fully saturated rings. The number of likely N-dealkylation sites (tertiary alicyclic amines) is 1. The molecular formula is C16H18N2O4. The van der Waals surface area contributed by atoms with Crippen LogP contribution in [0.1, 0.15) is 12.0 Å². The fourth-order valence-electron chi connectivity index (χ4n) is 2.63. The summed E-state index contributed by atoms with van der Waals surface area (Å²) in [5.74, 6) is 0.728. The molecule has 1 aromatic carbocycles. The molecule has 1 aromatic rings. The van der Waals surface area contributed by atoms with Crippen molar-refractivity contribution < 1.29 is 19.1 Å². The molecule has 1 atom stereocenters. The fraction of sp³-hybridized carbons (Fsp3) is 0.375. The Morgan fingerprint density at radius 2 is 2.00 bits per heavy atom. The minimum absolute atomic E-state index is 0.112. The lowest BCUT2D eigenvalue weighted by atomic mass is 10.1. The molecule has 2 heterocycles. The first kappa shape index (κ1) is 14.4. The van der Waals surface area contributed by atoms with Crippen molar-refractivity contribution >= 4 is 17.9 Å². The van der Waals surface area contributed by atoms with Gasteiger partial charge >= 0.3 is 0 Å². The first-order valence-corrected chi connectivity index (χ1v) is 7.29. The van der Waals surface area contributed by atoms with Crippen LogP contribution < -0.4 is 15.2 Å². The van der Waals surface area contributed by atoms with Crippen LogP contribution in [-0.2, 0) is 9.59 Å². The van der Waals surface area contributed by atoms with Crippen LogP contribution in [0.4, 0.5) is 0 Å². The van der Waals surface area contributed by atoms with Crippen molar-refractivity contribution in [3.05, 3.63) is 29.8 Å². The van der Waals surface area contributed by atoms with Gasteiger partial charge in [0.05, 0.1) is 5.92 Å². The Bertz CT molecular complexity index is 627. The van der Waals surface area contributed by atoms with Crippen LogP contribution in [0.3, 0.4) is 0 Å². The van der Waals surface area contributed by atoms with E-state index in [1.54, 1.807) is 11.0 Å². The number of ether oxygens (including phenoxy) is 2. The molecule has 2 aliphatic rings. The molecule has 6 heteroatoms. The van der Waals surface area contributed by atoms with Crippen LogP contribution in [-0.4, -0.2) is 43.0 Å². The molecule has 1 saturated heterocycles. The van der Waals surface area contributed by atoms with Gasteiger partial charge in [0.1, 0.15) is 13.2 Å². The third kappa shape index (κ3) is 3.05. The molecule has 2 N–H and O–H groups in total. The highest BCUT2D eigenvalue weighted by molar-refractivity contribution is 5.92. The predicted molar refractivity (Wildman–Crippen MR) is 80.3 cm³/mol. The fourth-order valence-corrected chi connectivity index (χ4v) is 2.63. The minimum Gasteiger partial charge on any atom is -0.486 e. The van der Waals surface area contributed by atoms with Crippen molar-refractivity contribution in [1.29, 1.82) is 0 Å². The lowest BCUT2D eigenvalue weighted by molar-refractivity contribution is -0.125. The molecule has 0 spiro atoms. The summed E-state index contributed by atoms with van der Waals surface area (Å²) in [6.45, 7) is 2.05. The van der Waals surface area contributed by atoms with E-state index >= 15 is 0 Å². The molecule has 2 amide bonds. The van der Waals surface area contributed by atoms with Crippen molar-refractivity contribution in [3.63, 3.8) is 0 Å². The van der Waals surface area contributed by atoms with Gasteiger partial charge in [0.15, 0.2) is 11.5 Å². The maximum atomic E-state index is 12.1. The van der Waals surface area contributed by atoms with Gasteiger partial charge in [-0.05, 0) is 30.2 Å². The lowest BCUT2D eigenvalue weighted by Crippen LogP contribution is -2.30. The number of rotatable bonds is 3.